The average molecular weight is 268 g/mol. The van der Waals surface area contributed by atoms with Crippen molar-refractivity contribution in [3.63, 3.8) is 0 Å². The van der Waals surface area contributed by atoms with Crippen LogP contribution in [-0.2, 0) is 4.74 Å². The molecule has 2 aliphatic rings. The SMILES string of the molecule is CNC1CCC(COCCCN2CCCCC2)CC1. The van der Waals surface area contributed by atoms with E-state index in [-0.39, 0.29) is 0 Å². The maximum Gasteiger partial charge on any atom is 0.0494 e. The van der Waals surface area contributed by atoms with Crippen LogP contribution < -0.4 is 5.32 Å². The summed E-state index contributed by atoms with van der Waals surface area (Å²) in [7, 11) is 2.09. The van der Waals surface area contributed by atoms with Crippen molar-refractivity contribution in [3.05, 3.63) is 0 Å². The lowest BCUT2D eigenvalue weighted by atomic mass is 9.87. The molecule has 3 nitrogen and oxygen atoms in total. The molecule has 0 bridgehead atoms. The summed E-state index contributed by atoms with van der Waals surface area (Å²) >= 11 is 0. The Morgan fingerprint density at radius 1 is 1.05 bits per heavy atom. The van der Waals surface area contributed by atoms with Crippen LogP contribution in [-0.4, -0.2) is 50.8 Å². The number of likely N-dealkylation sites (tertiary alicyclic amines) is 1. The minimum atomic E-state index is 0.760. The monoisotopic (exact) mass is 268 g/mol. The maximum absolute atomic E-state index is 5.89. The van der Waals surface area contributed by atoms with Gasteiger partial charge in [-0.2, -0.15) is 0 Å². The molecule has 0 unspecified atom stereocenters. The van der Waals surface area contributed by atoms with Gasteiger partial charge in [-0.15, -0.1) is 0 Å². The molecule has 1 saturated carbocycles. The van der Waals surface area contributed by atoms with Crippen LogP contribution in [0.3, 0.4) is 0 Å². The minimum absolute atomic E-state index is 0.760. The van der Waals surface area contributed by atoms with Gasteiger partial charge in [0, 0.05) is 25.8 Å². The summed E-state index contributed by atoms with van der Waals surface area (Å²) in [5.74, 6) is 0.819. The Balaban J connectivity index is 1.43. The van der Waals surface area contributed by atoms with Crippen molar-refractivity contribution >= 4 is 0 Å². The molecular weight excluding hydrogens is 236 g/mol. The lowest BCUT2D eigenvalue weighted by molar-refractivity contribution is 0.0728. The maximum atomic E-state index is 5.89. The highest BCUT2D eigenvalue weighted by atomic mass is 16.5. The van der Waals surface area contributed by atoms with Gasteiger partial charge in [-0.05, 0) is 71.0 Å². The zero-order valence-electron chi connectivity index (χ0n) is 12.7. The van der Waals surface area contributed by atoms with E-state index in [0.29, 0.717) is 0 Å². The van der Waals surface area contributed by atoms with Gasteiger partial charge in [0.1, 0.15) is 0 Å². The summed E-state index contributed by atoms with van der Waals surface area (Å²) in [4.78, 5) is 2.60. The largest absolute Gasteiger partial charge is 0.381 e. The summed E-state index contributed by atoms with van der Waals surface area (Å²) in [6.45, 7) is 5.83. The average Bonchev–Trinajstić information content (AvgIpc) is 2.49. The van der Waals surface area contributed by atoms with E-state index < -0.39 is 0 Å². The van der Waals surface area contributed by atoms with E-state index in [9.17, 15) is 0 Å². The first-order valence-electron chi connectivity index (χ1n) is 8.36. The van der Waals surface area contributed by atoms with Crippen LogP contribution in [0.4, 0.5) is 0 Å². The summed E-state index contributed by atoms with van der Waals surface area (Å²) in [6, 6.07) is 0.760. The van der Waals surface area contributed by atoms with Crippen molar-refractivity contribution in [3.8, 4) is 0 Å². The smallest absolute Gasteiger partial charge is 0.0494 e. The highest BCUT2D eigenvalue weighted by molar-refractivity contribution is 4.75. The predicted molar refractivity (Wildman–Crippen MR) is 80.5 cm³/mol. The molecule has 1 aliphatic carbocycles. The number of rotatable bonds is 7. The van der Waals surface area contributed by atoms with Gasteiger partial charge >= 0.3 is 0 Å². The quantitative estimate of drug-likeness (QED) is 0.718. The Hall–Kier alpha value is -0.120. The van der Waals surface area contributed by atoms with E-state index in [4.69, 9.17) is 4.74 Å². The van der Waals surface area contributed by atoms with E-state index >= 15 is 0 Å². The fourth-order valence-electron chi connectivity index (χ4n) is 3.44. The zero-order valence-corrected chi connectivity index (χ0v) is 12.7. The molecule has 3 heteroatoms. The Bertz CT molecular complexity index is 221. The molecule has 19 heavy (non-hydrogen) atoms. The third kappa shape index (κ3) is 5.80. The molecule has 0 atom stereocenters. The van der Waals surface area contributed by atoms with Gasteiger partial charge in [-0.25, -0.2) is 0 Å². The molecule has 0 aromatic heterocycles. The molecule has 0 amide bonds. The van der Waals surface area contributed by atoms with Crippen LogP contribution in [0.2, 0.25) is 0 Å². The van der Waals surface area contributed by atoms with Crippen LogP contribution in [0, 0.1) is 5.92 Å². The highest BCUT2D eigenvalue weighted by Gasteiger charge is 2.19. The summed E-state index contributed by atoms with van der Waals surface area (Å²) < 4.78 is 5.89. The molecule has 0 aromatic rings. The lowest BCUT2D eigenvalue weighted by Gasteiger charge is -2.28. The first-order valence-corrected chi connectivity index (χ1v) is 8.36. The number of hydrogen-bond donors (Lipinski definition) is 1. The summed E-state index contributed by atoms with van der Waals surface area (Å²) in [5, 5.41) is 3.39. The Labute approximate surface area is 119 Å². The van der Waals surface area contributed by atoms with Gasteiger partial charge in [0.15, 0.2) is 0 Å². The predicted octanol–water partition coefficient (Wildman–Crippen LogP) is 2.66. The van der Waals surface area contributed by atoms with Crippen LogP contribution in [0.25, 0.3) is 0 Å². The van der Waals surface area contributed by atoms with Gasteiger partial charge in [-0.1, -0.05) is 6.42 Å². The second kappa shape index (κ2) is 8.93. The van der Waals surface area contributed by atoms with Gasteiger partial charge in [-0.3, -0.25) is 0 Å². The number of ether oxygens (including phenoxy) is 1. The molecule has 2 rings (SSSR count). The second-order valence-corrected chi connectivity index (χ2v) is 6.34. The molecular formula is C16H32N2O. The Morgan fingerprint density at radius 2 is 1.79 bits per heavy atom. The zero-order chi connectivity index (χ0) is 13.3. The van der Waals surface area contributed by atoms with Crippen molar-refractivity contribution < 1.29 is 4.74 Å². The van der Waals surface area contributed by atoms with E-state index in [1.807, 2.05) is 0 Å². The minimum Gasteiger partial charge on any atom is -0.381 e. The van der Waals surface area contributed by atoms with Crippen LogP contribution in [0.15, 0.2) is 0 Å². The van der Waals surface area contributed by atoms with Crippen LogP contribution >= 0.6 is 0 Å². The third-order valence-corrected chi connectivity index (χ3v) is 4.82. The van der Waals surface area contributed by atoms with E-state index in [1.165, 1.54) is 71.0 Å². The van der Waals surface area contributed by atoms with E-state index in [0.717, 1.165) is 25.2 Å². The van der Waals surface area contributed by atoms with Gasteiger partial charge < -0.3 is 15.0 Å². The summed E-state index contributed by atoms with van der Waals surface area (Å²) in [5.41, 5.74) is 0. The van der Waals surface area contributed by atoms with Crippen molar-refractivity contribution in [2.75, 3.05) is 39.9 Å². The van der Waals surface area contributed by atoms with Gasteiger partial charge in [0.2, 0.25) is 0 Å². The van der Waals surface area contributed by atoms with E-state index in [2.05, 4.69) is 17.3 Å². The molecule has 1 heterocycles. The highest BCUT2D eigenvalue weighted by Crippen LogP contribution is 2.24. The normalized spacial score (nSPS) is 29.5. The number of nitrogens with one attached hydrogen (secondary N) is 1. The second-order valence-electron chi connectivity index (χ2n) is 6.34. The fraction of sp³-hybridized carbons (Fsp3) is 1.00. The molecule has 1 aliphatic heterocycles. The standard InChI is InChI=1S/C16H32N2O/c1-17-16-8-6-15(7-9-16)14-19-13-5-12-18-10-3-2-4-11-18/h15-17H,2-14H2,1H3. The molecule has 0 spiro atoms. The first kappa shape index (κ1) is 15.3. The summed E-state index contributed by atoms with van der Waals surface area (Å²) in [6.07, 6.45) is 10.8. The van der Waals surface area contributed by atoms with E-state index in [1.54, 1.807) is 0 Å². The molecule has 0 radical (unpaired) electrons. The topological polar surface area (TPSA) is 24.5 Å². The van der Waals surface area contributed by atoms with Crippen LogP contribution in [0.1, 0.15) is 51.4 Å². The lowest BCUT2D eigenvalue weighted by Crippen LogP contribution is -2.32. The number of piperidine rings is 1. The van der Waals surface area contributed by atoms with Crippen molar-refractivity contribution in [1.82, 2.24) is 10.2 Å². The third-order valence-electron chi connectivity index (χ3n) is 4.82. The van der Waals surface area contributed by atoms with Crippen molar-refractivity contribution in [2.45, 2.75) is 57.4 Å². The first-order chi connectivity index (χ1) is 9.38. The number of hydrogen-bond acceptors (Lipinski definition) is 3. The number of nitrogens with zero attached hydrogens (tertiary/aromatic N) is 1. The Morgan fingerprint density at radius 3 is 2.47 bits per heavy atom. The van der Waals surface area contributed by atoms with Crippen molar-refractivity contribution in [1.29, 1.82) is 0 Å². The molecule has 1 saturated heterocycles. The molecule has 112 valence electrons. The van der Waals surface area contributed by atoms with Crippen LogP contribution in [0.5, 0.6) is 0 Å². The molecule has 2 fully saturated rings. The van der Waals surface area contributed by atoms with Crippen molar-refractivity contribution in [2.24, 2.45) is 5.92 Å². The Kier molecular flexibility index (Phi) is 7.18. The molecule has 0 aromatic carbocycles. The van der Waals surface area contributed by atoms with Gasteiger partial charge in [0.05, 0.1) is 0 Å². The fourth-order valence-corrected chi connectivity index (χ4v) is 3.44. The molecule has 1 N–H and O–H groups in total. The van der Waals surface area contributed by atoms with Gasteiger partial charge in [0.25, 0.3) is 0 Å².